The van der Waals surface area contributed by atoms with E-state index in [0.717, 1.165) is 5.56 Å². The van der Waals surface area contributed by atoms with Crippen LogP contribution in [-0.4, -0.2) is 12.5 Å². The van der Waals surface area contributed by atoms with Gasteiger partial charge in [-0.3, -0.25) is 9.63 Å². The molecule has 1 amide bonds. The van der Waals surface area contributed by atoms with Gasteiger partial charge in [-0.2, -0.15) is 8.78 Å². The van der Waals surface area contributed by atoms with Crippen molar-refractivity contribution in [2.24, 2.45) is 0 Å². The molecule has 2 aromatic carbocycles. The van der Waals surface area contributed by atoms with E-state index in [1.54, 1.807) is 0 Å². The zero-order valence-electron chi connectivity index (χ0n) is 11.0. The zero-order valence-corrected chi connectivity index (χ0v) is 11.0. The van der Waals surface area contributed by atoms with E-state index in [0.29, 0.717) is 0 Å². The van der Waals surface area contributed by atoms with Crippen molar-refractivity contribution >= 4 is 5.91 Å². The number of hydroxylamine groups is 1. The summed E-state index contributed by atoms with van der Waals surface area (Å²) in [7, 11) is 0. The summed E-state index contributed by atoms with van der Waals surface area (Å²) in [5.74, 6) is -0.619. The van der Waals surface area contributed by atoms with E-state index in [-0.39, 0.29) is 17.9 Å². The van der Waals surface area contributed by atoms with E-state index < -0.39 is 12.5 Å². The van der Waals surface area contributed by atoms with Crippen LogP contribution in [-0.2, 0) is 11.4 Å². The van der Waals surface area contributed by atoms with Gasteiger partial charge in [0.2, 0.25) is 0 Å². The Balaban J connectivity index is 1.88. The topological polar surface area (TPSA) is 47.6 Å². The maximum Gasteiger partial charge on any atom is 0.387 e. The van der Waals surface area contributed by atoms with Gasteiger partial charge in [0, 0.05) is 5.56 Å². The Kier molecular flexibility index (Phi) is 5.22. The fraction of sp³-hybridized carbons (Fsp3) is 0.133. The zero-order chi connectivity index (χ0) is 15.1. The molecule has 21 heavy (non-hydrogen) atoms. The summed E-state index contributed by atoms with van der Waals surface area (Å²) in [5.41, 5.74) is 3.31. The Labute approximate surface area is 120 Å². The lowest BCUT2D eigenvalue weighted by Gasteiger charge is -2.08. The number of benzene rings is 2. The van der Waals surface area contributed by atoms with E-state index in [2.05, 4.69) is 10.2 Å². The lowest BCUT2D eigenvalue weighted by Crippen LogP contribution is -2.23. The first kappa shape index (κ1) is 14.9. The quantitative estimate of drug-likeness (QED) is 0.832. The maximum atomic E-state index is 12.1. The highest BCUT2D eigenvalue weighted by molar-refractivity contribution is 5.93. The molecule has 0 aliphatic carbocycles. The summed E-state index contributed by atoms with van der Waals surface area (Å²) < 4.78 is 28.4. The number of hydrogen-bond acceptors (Lipinski definition) is 3. The Morgan fingerprint density at radius 3 is 2.57 bits per heavy atom. The summed E-state index contributed by atoms with van der Waals surface area (Å²) in [4.78, 5) is 16.9. The van der Waals surface area contributed by atoms with E-state index in [9.17, 15) is 13.6 Å². The number of halogens is 2. The van der Waals surface area contributed by atoms with Crippen LogP contribution in [0.15, 0.2) is 54.6 Å². The van der Waals surface area contributed by atoms with Gasteiger partial charge in [0.25, 0.3) is 5.91 Å². The highest BCUT2D eigenvalue weighted by atomic mass is 19.3. The van der Waals surface area contributed by atoms with Crippen molar-refractivity contribution in [1.82, 2.24) is 5.48 Å². The van der Waals surface area contributed by atoms with Gasteiger partial charge in [0.15, 0.2) is 0 Å². The van der Waals surface area contributed by atoms with E-state index in [4.69, 9.17) is 4.84 Å². The van der Waals surface area contributed by atoms with Crippen LogP contribution in [0, 0.1) is 0 Å². The second-order valence-corrected chi connectivity index (χ2v) is 4.11. The summed E-state index contributed by atoms with van der Waals surface area (Å²) in [5, 5.41) is 0. The van der Waals surface area contributed by atoms with Crippen molar-refractivity contribution in [3.8, 4) is 5.75 Å². The monoisotopic (exact) mass is 293 g/mol. The molecule has 0 saturated heterocycles. The predicted octanol–water partition coefficient (Wildman–Crippen LogP) is 3.15. The summed E-state index contributed by atoms with van der Waals surface area (Å²) in [6, 6.07) is 14.8. The number of nitrogens with one attached hydrogen (secondary N) is 1. The number of hydrogen-bond donors (Lipinski definition) is 1. The van der Waals surface area contributed by atoms with Crippen molar-refractivity contribution in [3.05, 3.63) is 65.7 Å². The van der Waals surface area contributed by atoms with Crippen LogP contribution < -0.4 is 10.2 Å². The molecule has 0 fully saturated rings. The lowest BCUT2D eigenvalue weighted by atomic mass is 10.2. The molecule has 110 valence electrons. The minimum atomic E-state index is -2.93. The SMILES string of the molecule is O=C(NOCc1ccccc1)c1cccc(OC(F)F)c1. The molecule has 4 nitrogen and oxygen atoms in total. The molecular weight excluding hydrogens is 280 g/mol. The molecule has 0 heterocycles. The third kappa shape index (κ3) is 4.85. The van der Waals surface area contributed by atoms with Crippen molar-refractivity contribution < 1.29 is 23.1 Å². The van der Waals surface area contributed by atoms with Gasteiger partial charge in [-0.1, -0.05) is 36.4 Å². The van der Waals surface area contributed by atoms with Gasteiger partial charge < -0.3 is 4.74 Å². The Hall–Kier alpha value is -2.47. The third-order valence-electron chi connectivity index (χ3n) is 2.57. The molecule has 1 N–H and O–H groups in total. The Morgan fingerprint density at radius 1 is 1.10 bits per heavy atom. The number of rotatable bonds is 6. The van der Waals surface area contributed by atoms with Gasteiger partial charge in [-0.15, -0.1) is 0 Å². The molecule has 0 radical (unpaired) electrons. The molecule has 0 aliphatic heterocycles. The molecule has 0 spiro atoms. The van der Waals surface area contributed by atoms with E-state index in [1.807, 2.05) is 30.3 Å². The molecular formula is C15H13F2NO3. The van der Waals surface area contributed by atoms with Gasteiger partial charge in [0.1, 0.15) is 5.75 Å². The molecule has 0 aromatic heterocycles. The van der Waals surface area contributed by atoms with Crippen LogP contribution in [0.25, 0.3) is 0 Å². The fourth-order valence-electron chi connectivity index (χ4n) is 1.63. The Morgan fingerprint density at radius 2 is 1.86 bits per heavy atom. The lowest BCUT2D eigenvalue weighted by molar-refractivity contribution is -0.0499. The normalized spacial score (nSPS) is 10.4. The van der Waals surface area contributed by atoms with Crippen molar-refractivity contribution in [2.75, 3.05) is 0 Å². The standard InChI is InChI=1S/C15H13F2NO3/c16-15(17)21-13-8-4-7-12(9-13)14(19)18-20-10-11-5-2-1-3-6-11/h1-9,15H,10H2,(H,18,19). The number of carbonyl (C=O) groups excluding carboxylic acids is 1. The molecule has 0 unspecified atom stereocenters. The molecule has 0 atom stereocenters. The van der Waals surface area contributed by atoms with Gasteiger partial charge in [-0.25, -0.2) is 5.48 Å². The van der Waals surface area contributed by atoms with Crippen LogP contribution in [0.4, 0.5) is 8.78 Å². The molecule has 0 bridgehead atoms. The first-order valence-electron chi connectivity index (χ1n) is 6.16. The van der Waals surface area contributed by atoms with Crippen LogP contribution >= 0.6 is 0 Å². The van der Waals surface area contributed by atoms with Crippen molar-refractivity contribution in [2.45, 2.75) is 13.2 Å². The first-order chi connectivity index (χ1) is 10.1. The minimum Gasteiger partial charge on any atom is -0.435 e. The average molecular weight is 293 g/mol. The third-order valence-corrected chi connectivity index (χ3v) is 2.57. The highest BCUT2D eigenvalue weighted by Crippen LogP contribution is 2.15. The predicted molar refractivity (Wildman–Crippen MR) is 71.8 cm³/mol. The summed E-state index contributed by atoms with van der Waals surface area (Å²) in [6.07, 6.45) is 0. The van der Waals surface area contributed by atoms with Gasteiger partial charge in [0.05, 0.1) is 6.61 Å². The van der Waals surface area contributed by atoms with Gasteiger partial charge >= 0.3 is 6.61 Å². The minimum absolute atomic E-state index is 0.0827. The number of amides is 1. The van der Waals surface area contributed by atoms with Crippen LogP contribution in [0.1, 0.15) is 15.9 Å². The fourth-order valence-corrected chi connectivity index (χ4v) is 1.63. The molecule has 2 rings (SSSR count). The maximum absolute atomic E-state index is 12.1. The average Bonchev–Trinajstić information content (AvgIpc) is 2.48. The van der Waals surface area contributed by atoms with E-state index >= 15 is 0 Å². The smallest absolute Gasteiger partial charge is 0.387 e. The van der Waals surface area contributed by atoms with Crippen molar-refractivity contribution in [3.63, 3.8) is 0 Å². The van der Waals surface area contributed by atoms with Crippen LogP contribution in [0.5, 0.6) is 5.75 Å². The second kappa shape index (κ2) is 7.35. The number of carbonyl (C=O) groups is 1. The molecule has 0 saturated carbocycles. The largest absolute Gasteiger partial charge is 0.435 e. The Bertz CT molecular complexity index is 590. The number of ether oxygens (including phenoxy) is 1. The number of alkyl halides is 2. The molecule has 2 aromatic rings. The van der Waals surface area contributed by atoms with E-state index in [1.165, 1.54) is 24.3 Å². The molecule has 6 heteroatoms. The second-order valence-electron chi connectivity index (χ2n) is 4.11. The van der Waals surface area contributed by atoms with Crippen LogP contribution in [0.3, 0.4) is 0 Å². The van der Waals surface area contributed by atoms with Crippen LogP contribution in [0.2, 0.25) is 0 Å². The van der Waals surface area contributed by atoms with Gasteiger partial charge in [-0.05, 0) is 23.8 Å². The highest BCUT2D eigenvalue weighted by Gasteiger charge is 2.09. The summed E-state index contributed by atoms with van der Waals surface area (Å²) in [6.45, 7) is -2.72. The first-order valence-corrected chi connectivity index (χ1v) is 6.16. The summed E-state index contributed by atoms with van der Waals surface area (Å²) >= 11 is 0. The molecule has 0 aliphatic rings. The van der Waals surface area contributed by atoms with Crippen molar-refractivity contribution in [1.29, 1.82) is 0 Å².